The topological polar surface area (TPSA) is 52.9 Å². The molecule has 106 valence electrons. The normalized spacial score (nSPS) is 12.8. The Morgan fingerprint density at radius 2 is 2.24 bits per heavy atom. The quantitative estimate of drug-likeness (QED) is 0.642. The fourth-order valence-electron chi connectivity index (χ4n) is 2.45. The molecule has 1 aliphatic carbocycles. The van der Waals surface area contributed by atoms with E-state index in [-0.39, 0.29) is 5.91 Å². The molecule has 0 saturated heterocycles. The highest BCUT2D eigenvalue weighted by atomic mass is 127. The molecule has 6 heteroatoms. The highest BCUT2D eigenvalue weighted by molar-refractivity contribution is 14.1. The Morgan fingerprint density at radius 3 is 3.00 bits per heavy atom. The van der Waals surface area contributed by atoms with Crippen LogP contribution in [-0.4, -0.2) is 5.91 Å². The van der Waals surface area contributed by atoms with E-state index in [2.05, 4.69) is 49.9 Å². The highest BCUT2D eigenvalue weighted by Gasteiger charge is 2.23. The Morgan fingerprint density at radius 1 is 1.43 bits per heavy atom. The summed E-state index contributed by atoms with van der Waals surface area (Å²) in [4.78, 5) is 13.7. The maximum absolute atomic E-state index is 12.4. The number of nitrogens with one attached hydrogen (secondary N) is 1. The summed E-state index contributed by atoms with van der Waals surface area (Å²) in [5.41, 5.74) is 2.38. The van der Waals surface area contributed by atoms with Gasteiger partial charge in [-0.05, 0) is 65.6 Å². The van der Waals surface area contributed by atoms with E-state index < -0.39 is 0 Å². The minimum Gasteiger partial charge on any atom is -0.312 e. The molecule has 3 nitrogen and oxygen atoms in total. The van der Waals surface area contributed by atoms with Crippen LogP contribution in [-0.2, 0) is 12.8 Å². The van der Waals surface area contributed by atoms with Gasteiger partial charge in [0.2, 0.25) is 0 Å². The van der Waals surface area contributed by atoms with Crippen LogP contribution in [0.25, 0.3) is 0 Å². The first kappa shape index (κ1) is 15.0. The number of thiophene rings is 1. The number of amides is 1. The average Bonchev–Trinajstić information content (AvgIpc) is 3.01. The van der Waals surface area contributed by atoms with E-state index >= 15 is 0 Å². The molecule has 1 aromatic carbocycles. The van der Waals surface area contributed by atoms with Crippen LogP contribution in [0, 0.1) is 14.9 Å². The van der Waals surface area contributed by atoms with E-state index in [9.17, 15) is 10.1 Å². The molecule has 0 spiro atoms. The van der Waals surface area contributed by atoms with Gasteiger partial charge in [-0.3, -0.25) is 4.79 Å². The number of hydrogen-bond acceptors (Lipinski definition) is 3. The second kappa shape index (κ2) is 6.07. The Balaban J connectivity index is 1.92. The number of anilines is 1. The zero-order chi connectivity index (χ0) is 15.0. The van der Waals surface area contributed by atoms with Gasteiger partial charge in [0, 0.05) is 12.9 Å². The monoisotopic (exact) mass is 472 g/mol. The maximum atomic E-state index is 12.4. The molecule has 1 aromatic heterocycles. The Kier molecular flexibility index (Phi) is 4.33. The predicted molar refractivity (Wildman–Crippen MR) is 95.9 cm³/mol. The van der Waals surface area contributed by atoms with Crippen LogP contribution in [0.1, 0.15) is 32.8 Å². The number of carbonyl (C=O) groups is 1. The maximum Gasteiger partial charge on any atom is 0.257 e. The number of benzene rings is 1. The van der Waals surface area contributed by atoms with Crippen molar-refractivity contribution >= 4 is 60.8 Å². The molecule has 2 aromatic rings. The number of hydrogen-bond donors (Lipinski definition) is 1. The number of nitriles is 1. The molecule has 1 aliphatic rings. The summed E-state index contributed by atoms with van der Waals surface area (Å²) in [6.07, 6.45) is 3.06. The molecule has 0 aliphatic heterocycles. The van der Waals surface area contributed by atoms with Gasteiger partial charge < -0.3 is 5.32 Å². The van der Waals surface area contributed by atoms with Crippen molar-refractivity contribution in [2.75, 3.05) is 5.32 Å². The number of nitrogens with zero attached hydrogens (tertiary/aromatic N) is 1. The van der Waals surface area contributed by atoms with Gasteiger partial charge in [-0.2, -0.15) is 5.26 Å². The summed E-state index contributed by atoms with van der Waals surface area (Å²) in [7, 11) is 0. The van der Waals surface area contributed by atoms with E-state index in [0.29, 0.717) is 16.1 Å². The molecule has 21 heavy (non-hydrogen) atoms. The summed E-state index contributed by atoms with van der Waals surface area (Å²) in [6.45, 7) is 0. The summed E-state index contributed by atoms with van der Waals surface area (Å²) in [5, 5.41) is 12.9. The minimum absolute atomic E-state index is 0.169. The Hall–Kier alpha value is -0.910. The van der Waals surface area contributed by atoms with Crippen LogP contribution >= 0.6 is 49.9 Å². The first-order valence-corrected chi connectivity index (χ1v) is 9.10. The summed E-state index contributed by atoms with van der Waals surface area (Å²) in [5.74, 6) is -0.169. The van der Waals surface area contributed by atoms with E-state index in [1.807, 2.05) is 12.1 Å². The lowest BCUT2D eigenvalue weighted by Gasteiger charge is -2.06. The third-order valence-corrected chi connectivity index (χ3v) is 6.07. The lowest BCUT2D eigenvalue weighted by Crippen LogP contribution is -2.13. The van der Waals surface area contributed by atoms with Crippen molar-refractivity contribution in [2.45, 2.75) is 19.3 Å². The molecule has 1 heterocycles. The molecular formula is C15H10BrIN2OS. The van der Waals surface area contributed by atoms with Crippen molar-refractivity contribution in [2.24, 2.45) is 0 Å². The van der Waals surface area contributed by atoms with E-state index in [1.165, 1.54) is 16.2 Å². The molecule has 1 amide bonds. The number of fused-ring (bicyclic) bond motifs is 1. The van der Waals surface area contributed by atoms with Crippen LogP contribution in [0.3, 0.4) is 0 Å². The van der Waals surface area contributed by atoms with E-state index in [4.69, 9.17) is 0 Å². The van der Waals surface area contributed by atoms with Crippen LogP contribution < -0.4 is 5.32 Å². The standard InChI is InChI=1S/C15H10BrIN2OS/c16-8-4-5-12(17)10(6-8)14(20)19-15-11(7-18)9-2-1-3-13(9)21-15/h4-6H,1-3H2,(H,19,20). The van der Waals surface area contributed by atoms with Crippen molar-refractivity contribution < 1.29 is 4.79 Å². The fraction of sp³-hybridized carbons (Fsp3) is 0.200. The first-order valence-electron chi connectivity index (χ1n) is 6.41. The summed E-state index contributed by atoms with van der Waals surface area (Å²) in [6, 6.07) is 7.83. The molecular weight excluding hydrogens is 463 g/mol. The Bertz CT molecular complexity index is 779. The SMILES string of the molecule is N#Cc1c(NC(=O)c2cc(Br)ccc2I)sc2c1CCC2. The Labute approximate surface area is 148 Å². The van der Waals surface area contributed by atoms with Gasteiger partial charge in [-0.1, -0.05) is 15.9 Å². The lowest BCUT2D eigenvalue weighted by atomic mass is 10.1. The van der Waals surface area contributed by atoms with Crippen LogP contribution in [0.2, 0.25) is 0 Å². The summed E-state index contributed by atoms with van der Waals surface area (Å²) < 4.78 is 1.75. The smallest absolute Gasteiger partial charge is 0.257 e. The van der Waals surface area contributed by atoms with Crippen molar-refractivity contribution in [3.63, 3.8) is 0 Å². The van der Waals surface area contributed by atoms with Gasteiger partial charge >= 0.3 is 0 Å². The fourth-order valence-corrected chi connectivity index (χ4v) is 4.63. The number of halogens is 2. The zero-order valence-corrected chi connectivity index (χ0v) is 15.4. The average molecular weight is 473 g/mol. The van der Waals surface area contributed by atoms with Crippen molar-refractivity contribution in [1.82, 2.24) is 0 Å². The largest absolute Gasteiger partial charge is 0.312 e. The number of carbonyl (C=O) groups excluding carboxylic acids is 1. The van der Waals surface area contributed by atoms with Crippen molar-refractivity contribution in [3.8, 4) is 6.07 Å². The second-order valence-electron chi connectivity index (χ2n) is 4.75. The lowest BCUT2D eigenvalue weighted by molar-refractivity contribution is 0.102. The number of aryl methyl sites for hydroxylation is 1. The third kappa shape index (κ3) is 2.87. The van der Waals surface area contributed by atoms with Gasteiger partial charge in [0.05, 0.1) is 11.1 Å². The second-order valence-corrected chi connectivity index (χ2v) is 7.93. The molecule has 3 rings (SSSR count). The highest BCUT2D eigenvalue weighted by Crippen LogP contribution is 2.38. The van der Waals surface area contributed by atoms with Crippen molar-refractivity contribution in [3.05, 3.63) is 47.8 Å². The molecule has 0 saturated carbocycles. The van der Waals surface area contributed by atoms with Crippen molar-refractivity contribution in [1.29, 1.82) is 5.26 Å². The van der Waals surface area contributed by atoms with E-state index in [1.54, 1.807) is 6.07 Å². The minimum atomic E-state index is -0.169. The molecule has 0 atom stereocenters. The van der Waals surface area contributed by atoms with Gasteiger partial charge in [0.15, 0.2) is 0 Å². The summed E-state index contributed by atoms with van der Waals surface area (Å²) >= 11 is 7.06. The molecule has 0 fully saturated rings. The van der Waals surface area contributed by atoms with Gasteiger partial charge in [0.25, 0.3) is 5.91 Å². The molecule has 0 bridgehead atoms. The van der Waals surface area contributed by atoms with Gasteiger partial charge in [0.1, 0.15) is 11.1 Å². The first-order chi connectivity index (χ1) is 10.1. The number of rotatable bonds is 2. The zero-order valence-electron chi connectivity index (χ0n) is 10.9. The predicted octanol–water partition coefficient (Wildman–Crippen LogP) is 4.73. The van der Waals surface area contributed by atoms with Crippen LogP contribution in [0.4, 0.5) is 5.00 Å². The molecule has 1 N–H and O–H groups in total. The molecule has 0 unspecified atom stereocenters. The molecule has 0 radical (unpaired) electrons. The van der Waals surface area contributed by atoms with Crippen LogP contribution in [0.5, 0.6) is 0 Å². The van der Waals surface area contributed by atoms with E-state index in [0.717, 1.165) is 32.9 Å². The third-order valence-electron chi connectivity index (χ3n) is 3.43. The van der Waals surface area contributed by atoms with Gasteiger partial charge in [-0.15, -0.1) is 11.3 Å². The van der Waals surface area contributed by atoms with Crippen LogP contribution in [0.15, 0.2) is 22.7 Å². The van der Waals surface area contributed by atoms with Gasteiger partial charge in [-0.25, -0.2) is 0 Å².